The van der Waals surface area contributed by atoms with Crippen molar-refractivity contribution in [3.05, 3.63) is 59.2 Å². The minimum absolute atomic E-state index is 0.105. The summed E-state index contributed by atoms with van der Waals surface area (Å²) >= 11 is 0. The molecule has 126 valence electrons. The predicted molar refractivity (Wildman–Crippen MR) is 91.2 cm³/mol. The number of hydrogen-bond donors (Lipinski definition) is 1. The number of para-hydroxylation sites is 1. The highest BCUT2D eigenvalue weighted by atomic mass is 32.2. The number of aryl methyl sites for hydroxylation is 1. The maximum Gasteiger partial charge on any atom is 0.251 e. The molecule has 1 atom stereocenters. The van der Waals surface area contributed by atoms with Crippen LogP contribution in [0.15, 0.2) is 47.4 Å². The SMILES string of the molecule is Cc1ccc(C(=O)NC[C@@H]2Cc3ccccc3O2)cc1S(C)(=O)=O. The molecule has 0 spiro atoms. The van der Waals surface area contributed by atoms with E-state index in [1.807, 2.05) is 24.3 Å². The third-order valence-electron chi connectivity index (χ3n) is 4.05. The smallest absolute Gasteiger partial charge is 0.251 e. The van der Waals surface area contributed by atoms with Crippen molar-refractivity contribution in [2.45, 2.75) is 24.3 Å². The van der Waals surface area contributed by atoms with Crippen molar-refractivity contribution in [3.8, 4) is 5.75 Å². The Bertz CT molecular complexity index is 865. The van der Waals surface area contributed by atoms with Gasteiger partial charge in [-0.25, -0.2) is 8.42 Å². The van der Waals surface area contributed by atoms with Crippen LogP contribution in [-0.4, -0.2) is 33.2 Å². The molecule has 1 heterocycles. The van der Waals surface area contributed by atoms with Crippen LogP contribution < -0.4 is 10.1 Å². The number of carbonyl (C=O) groups is 1. The van der Waals surface area contributed by atoms with Gasteiger partial charge in [0, 0.05) is 18.2 Å². The molecule has 0 saturated carbocycles. The second kappa shape index (κ2) is 6.28. The third kappa shape index (κ3) is 3.43. The largest absolute Gasteiger partial charge is 0.488 e. The lowest BCUT2D eigenvalue weighted by atomic mass is 10.1. The lowest BCUT2D eigenvalue weighted by molar-refractivity contribution is 0.0933. The standard InChI is InChI=1S/C18H19NO4S/c1-12-7-8-14(10-17(12)24(2,21)22)18(20)19-11-15-9-13-5-3-4-6-16(13)23-15/h3-8,10,15H,9,11H2,1-2H3,(H,19,20)/t15-/m0/s1. The highest BCUT2D eigenvalue weighted by Crippen LogP contribution is 2.27. The van der Waals surface area contributed by atoms with Gasteiger partial charge in [0.2, 0.25) is 0 Å². The van der Waals surface area contributed by atoms with Gasteiger partial charge in [0.25, 0.3) is 5.91 Å². The number of sulfone groups is 1. The topological polar surface area (TPSA) is 72.5 Å². The molecule has 1 aliphatic heterocycles. The van der Waals surface area contributed by atoms with Crippen LogP contribution in [0.3, 0.4) is 0 Å². The fraction of sp³-hybridized carbons (Fsp3) is 0.278. The highest BCUT2D eigenvalue weighted by Gasteiger charge is 2.23. The summed E-state index contributed by atoms with van der Waals surface area (Å²) in [6.07, 6.45) is 1.78. The molecule has 0 aromatic heterocycles. The van der Waals surface area contributed by atoms with E-state index >= 15 is 0 Å². The van der Waals surface area contributed by atoms with E-state index in [1.54, 1.807) is 19.1 Å². The number of amides is 1. The molecule has 5 nitrogen and oxygen atoms in total. The Kier molecular flexibility index (Phi) is 4.32. The average molecular weight is 345 g/mol. The first-order valence-electron chi connectivity index (χ1n) is 7.68. The second-order valence-corrected chi connectivity index (χ2v) is 8.00. The van der Waals surface area contributed by atoms with Crippen LogP contribution in [0.4, 0.5) is 0 Å². The summed E-state index contributed by atoms with van der Waals surface area (Å²) < 4.78 is 29.3. The summed E-state index contributed by atoms with van der Waals surface area (Å²) in [5.41, 5.74) is 2.09. The van der Waals surface area contributed by atoms with Crippen molar-refractivity contribution in [2.24, 2.45) is 0 Å². The molecular formula is C18H19NO4S. The minimum Gasteiger partial charge on any atom is -0.488 e. The van der Waals surface area contributed by atoms with Crippen LogP contribution in [0.1, 0.15) is 21.5 Å². The van der Waals surface area contributed by atoms with Crippen LogP contribution in [0.5, 0.6) is 5.75 Å². The zero-order valence-corrected chi connectivity index (χ0v) is 14.4. The van der Waals surface area contributed by atoms with E-state index in [2.05, 4.69) is 5.32 Å². The highest BCUT2D eigenvalue weighted by molar-refractivity contribution is 7.90. The molecule has 0 unspecified atom stereocenters. The maximum absolute atomic E-state index is 12.3. The van der Waals surface area contributed by atoms with Crippen molar-refractivity contribution < 1.29 is 17.9 Å². The Morgan fingerprint density at radius 1 is 1.25 bits per heavy atom. The summed E-state index contributed by atoms with van der Waals surface area (Å²) in [4.78, 5) is 12.5. The summed E-state index contributed by atoms with van der Waals surface area (Å²) in [7, 11) is -3.36. The Balaban J connectivity index is 1.66. The van der Waals surface area contributed by atoms with E-state index < -0.39 is 9.84 Å². The normalized spacial score (nSPS) is 16.3. The molecule has 1 aliphatic rings. The molecule has 0 bridgehead atoms. The van der Waals surface area contributed by atoms with E-state index in [0.29, 0.717) is 17.7 Å². The van der Waals surface area contributed by atoms with E-state index in [4.69, 9.17) is 4.74 Å². The van der Waals surface area contributed by atoms with Gasteiger partial charge < -0.3 is 10.1 Å². The van der Waals surface area contributed by atoms with Gasteiger partial charge in [0.05, 0.1) is 11.4 Å². The number of carbonyl (C=O) groups excluding carboxylic acids is 1. The quantitative estimate of drug-likeness (QED) is 0.921. The lowest BCUT2D eigenvalue weighted by Crippen LogP contribution is -2.34. The van der Waals surface area contributed by atoms with Crippen molar-refractivity contribution in [1.29, 1.82) is 0 Å². The summed E-state index contributed by atoms with van der Waals surface area (Å²) in [6, 6.07) is 12.5. The van der Waals surface area contributed by atoms with Gasteiger partial charge in [-0.2, -0.15) is 0 Å². The Hall–Kier alpha value is -2.34. The Morgan fingerprint density at radius 3 is 2.71 bits per heavy atom. The van der Waals surface area contributed by atoms with Gasteiger partial charge in [0.15, 0.2) is 9.84 Å². The van der Waals surface area contributed by atoms with Crippen LogP contribution in [-0.2, 0) is 16.3 Å². The van der Waals surface area contributed by atoms with Crippen molar-refractivity contribution in [2.75, 3.05) is 12.8 Å². The fourth-order valence-electron chi connectivity index (χ4n) is 2.82. The fourth-order valence-corrected chi connectivity index (χ4v) is 3.81. The second-order valence-electron chi connectivity index (χ2n) is 6.01. The Morgan fingerprint density at radius 2 is 2.00 bits per heavy atom. The van der Waals surface area contributed by atoms with E-state index in [-0.39, 0.29) is 16.9 Å². The third-order valence-corrected chi connectivity index (χ3v) is 5.29. The summed E-state index contributed by atoms with van der Waals surface area (Å²) in [6.45, 7) is 2.08. The zero-order chi connectivity index (χ0) is 17.3. The number of ether oxygens (including phenoxy) is 1. The molecule has 3 rings (SSSR count). The number of rotatable bonds is 4. The first kappa shape index (κ1) is 16.5. The van der Waals surface area contributed by atoms with Gasteiger partial charge in [-0.15, -0.1) is 0 Å². The maximum atomic E-state index is 12.3. The number of benzene rings is 2. The van der Waals surface area contributed by atoms with E-state index in [0.717, 1.165) is 24.0 Å². The number of nitrogens with one attached hydrogen (secondary N) is 1. The molecule has 0 fully saturated rings. The van der Waals surface area contributed by atoms with Gasteiger partial charge >= 0.3 is 0 Å². The summed E-state index contributed by atoms with van der Waals surface area (Å²) in [5, 5.41) is 2.82. The molecule has 2 aromatic carbocycles. The predicted octanol–water partition coefficient (Wildman–Crippen LogP) is 2.13. The van der Waals surface area contributed by atoms with Crippen LogP contribution in [0, 0.1) is 6.92 Å². The molecular weight excluding hydrogens is 326 g/mol. The first-order chi connectivity index (χ1) is 11.3. The van der Waals surface area contributed by atoms with E-state index in [1.165, 1.54) is 6.07 Å². The zero-order valence-electron chi connectivity index (χ0n) is 13.6. The average Bonchev–Trinajstić information content (AvgIpc) is 2.94. The van der Waals surface area contributed by atoms with Gasteiger partial charge in [-0.05, 0) is 36.2 Å². The summed E-state index contributed by atoms with van der Waals surface area (Å²) in [5.74, 6) is 0.547. The van der Waals surface area contributed by atoms with E-state index in [9.17, 15) is 13.2 Å². The molecule has 0 saturated heterocycles. The molecule has 24 heavy (non-hydrogen) atoms. The molecule has 1 amide bonds. The molecule has 2 aromatic rings. The first-order valence-corrected chi connectivity index (χ1v) is 9.57. The lowest BCUT2D eigenvalue weighted by Gasteiger charge is -2.13. The van der Waals surface area contributed by atoms with Gasteiger partial charge in [0.1, 0.15) is 11.9 Å². The van der Waals surface area contributed by atoms with Gasteiger partial charge in [-0.1, -0.05) is 24.3 Å². The molecule has 1 N–H and O–H groups in total. The van der Waals surface area contributed by atoms with Gasteiger partial charge in [-0.3, -0.25) is 4.79 Å². The van der Waals surface area contributed by atoms with Crippen molar-refractivity contribution in [3.63, 3.8) is 0 Å². The van der Waals surface area contributed by atoms with Crippen LogP contribution in [0.25, 0.3) is 0 Å². The van der Waals surface area contributed by atoms with Crippen molar-refractivity contribution >= 4 is 15.7 Å². The van der Waals surface area contributed by atoms with Crippen molar-refractivity contribution in [1.82, 2.24) is 5.32 Å². The van der Waals surface area contributed by atoms with Crippen LogP contribution in [0.2, 0.25) is 0 Å². The Labute approximate surface area is 141 Å². The van der Waals surface area contributed by atoms with Crippen LogP contribution >= 0.6 is 0 Å². The number of hydrogen-bond acceptors (Lipinski definition) is 4. The molecule has 0 aliphatic carbocycles. The number of fused-ring (bicyclic) bond motifs is 1. The minimum atomic E-state index is -3.36. The molecule has 6 heteroatoms. The monoisotopic (exact) mass is 345 g/mol. The molecule has 0 radical (unpaired) electrons.